The number of amides is 1. The molecule has 0 aromatic heterocycles. The Labute approximate surface area is 155 Å². The summed E-state index contributed by atoms with van der Waals surface area (Å²) in [5.41, 5.74) is -1.43. The van der Waals surface area contributed by atoms with Gasteiger partial charge in [0.25, 0.3) is 5.69 Å². The number of nitro groups is 1. The van der Waals surface area contributed by atoms with Crippen LogP contribution in [0.3, 0.4) is 0 Å². The summed E-state index contributed by atoms with van der Waals surface area (Å²) in [4.78, 5) is 28.0. The van der Waals surface area contributed by atoms with E-state index in [1.165, 1.54) is 0 Å². The van der Waals surface area contributed by atoms with Gasteiger partial charge in [-0.2, -0.15) is 13.2 Å². The highest BCUT2D eigenvalue weighted by molar-refractivity contribution is 5.78. The van der Waals surface area contributed by atoms with Crippen molar-refractivity contribution >= 4 is 17.3 Å². The quantitative estimate of drug-likeness (QED) is 0.554. The summed E-state index contributed by atoms with van der Waals surface area (Å²) < 4.78 is 38.5. The number of benzene rings is 1. The lowest BCUT2D eigenvalue weighted by Gasteiger charge is -2.36. The van der Waals surface area contributed by atoms with Crippen LogP contribution in [0.15, 0.2) is 18.2 Å². The minimum atomic E-state index is -4.63. The van der Waals surface area contributed by atoms with Gasteiger partial charge in [-0.15, -0.1) is 0 Å². The first-order valence-corrected chi connectivity index (χ1v) is 8.78. The van der Waals surface area contributed by atoms with Crippen LogP contribution in [-0.4, -0.2) is 66.4 Å². The lowest BCUT2D eigenvalue weighted by Crippen LogP contribution is -2.50. The molecule has 0 radical (unpaired) electrons. The molecule has 0 bridgehead atoms. The van der Waals surface area contributed by atoms with Crippen molar-refractivity contribution in [2.45, 2.75) is 20.0 Å². The van der Waals surface area contributed by atoms with Crippen molar-refractivity contribution in [3.8, 4) is 0 Å². The molecule has 1 heterocycles. The van der Waals surface area contributed by atoms with Crippen molar-refractivity contribution in [2.75, 3.05) is 50.7 Å². The number of hydrogen-bond acceptors (Lipinski definition) is 5. The summed E-state index contributed by atoms with van der Waals surface area (Å²) in [6.07, 6.45) is -4.63. The van der Waals surface area contributed by atoms with Gasteiger partial charge in [0.05, 0.1) is 17.0 Å². The third kappa shape index (κ3) is 5.09. The molecule has 10 heteroatoms. The van der Waals surface area contributed by atoms with Crippen molar-refractivity contribution in [1.29, 1.82) is 0 Å². The van der Waals surface area contributed by atoms with Gasteiger partial charge in [-0.25, -0.2) is 0 Å². The fourth-order valence-electron chi connectivity index (χ4n) is 3.13. The summed E-state index contributed by atoms with van der Waals surface area (Å²) in [5, 5.41) is 11.2. The predicted octanol–water partition coefficient (Wildman–Crippen LogP) is 2.60. The van der Waals surface area contributed by atoms with Gasteiger partial charge >= 0.3 is 6.18 Å². The third-order valence-electron chi connectivity index (χ3n) is 4.69. The van der Waals surface area contributed by atoms with Crippen molar-refractivity contribution in [3.05, 3.63) is 33.9 Å². The maximum Gasteiger partial charge on any atom is 0.416 e. The van der Waals surface area contributed by atoms with Gasteiger partial charge < -0.3 is 9.80 Å². The maximum atomic E-state index is 12.8. The van der Waals surface area contributed by atoms with Crippen LogP contribution in [0.1, 0.15) is 19.4 Å². The van der Waals surface area contributed by atoms with E-state index in [0.29, 0.717) is 45.3 Å². The second kappa shape index (κ2) is 8.55. The summed E-state index contributed by atoms with van der Waals surface area (Å²) in [6.45, 7) is 7.16. The van der Waals surface area contributed by atoms with Crippen LogP contribution in [0.4, 0.5) is 24.5 Å². The minimum Gasteiger partial charge on any atom is -0.363 e. The van der Waals surface area contributed by atoms with Crippen LogP contribution in [0.25, 0.3) is 0 Å². The van der Waals surface area contributed by atoms with Gasteiger partial charge in [0, 0.05) is 45.3 Å². The molecule has 0 saturated carbocycles. The Kier molecular flexibility index (Phi) is 6.63. The van der Waals surface area contributed by atoms with Crippen molar-refractivity contribution < 1.29 is 22.9 Å². The summed E-state index contributed by atoms with van der Waals surface area (Å²) in [7, 11) is 0. The molecule has 0 N–H and O–H groups in total. The average Bonchev–Trinajstić information content (AvgIpc) is 2.62. The van der Waals surface area contributed by atoms with Gasteiger partial charge in [0.15, 0.2) is 0 Å². The lowest BCUT2D eigenvalue weighted by atomic mass is 10.1. The number of carbonyl (C=O) groups is 1. The average molecular weight is 388 g/mol. The molecule has 1 fully saturated rings. The number of halogens is 3. The first-order valence-electron chi connectivity index (χ1n) is 8.78. The van der Waals surface area contributed by atoms with Crippen LogP contribution in [0.5, 0.6) is 0 Å². The van der Waals surface area contributed by atoms with Crippen LogP contribution in [0, 0.1) is 10.1 Å². The van der Waals surface area contributed by atoms with E-state index in [1.807, 2.05) is 18.7 Å². The molecule has 1 saturated heterocycles. The number of piperazine rings is 1. The van der Waals surface area contributed by atoms with E-state index < -0.39 is 22.4 Å². The smallest absolute Gasteiger partial charge is 0.363 e. The van der Waals surface area contributed by atoms with Crippen molar-refractivity contribution in [2.24, 2.45) is 0 Å². The Bertz CT molecular complexity index is 684. The van der Waals surface area contributed by atoms with E-state index in [4.69, 9.17) is 0 Å². The predicted molar refractivity (Wildman–Crippen MR) is 94.7 cm³/mol. The molecule has 1 aromatic carbocycles. The first kappa shape index (κ1) is 20.9. The normalized spacial score (nSPS) is 15.7. The van der Waals surface area contributed by atoms with Crippen LogP contribution >= 0.6 is 0 Å². The summed E-state index contributed by atoms with van der Waals surface area (Å²) >= 11 is 0. The third-order valence-corrected chi connectivity index (χ3v) is 4.69. The molecule has 7 nitrogen and oxygen atoms in total. The highest BCUT2D eigenvalue weighted by atomic mass is 19.4. The summed E-state index contributed by atoms with van der Waals surface area (Å²) in [5.74, 6) is 0.0222. The Balaban J connectivity index is 2.07. The van der Waals surface area contributed by atoms with Crippen LogP contribution in [-0.2, 0) is 11.0 Å². The second-order valence-electron chi connectivity index (χ2n) is 6.29. The molecular weight excluding hydrogens is 365 g/mol. The fourth-order valence-corrected chi connectivity index (χ4v) is 3.13. The van der Waals surface area contributed by atoms with Crippen LogP contribution < -0.4 is 4.90 Å². The fraction of sp³-hybridized carbons (Fsp3) is 0.588. The van der Waals surface area contributed by atoms with E-state index in [0.717, 1.165) is 12.1 Å². The largest absolute Gasteiger partial charge is 0.416 e. The number of alkyl halides is 3. The number of rotatable bonds is 6. The molecule has 1 aromatic rings. The topological polar surface area (TPSA) is 69.9 Å². The Morgan fingerprint density at radius 1 is 1.19 bits per heavy atom. The van der Waals surface area contributed by atoms with E-state index in [-0.39, 0.29) is 18.1 Å². The monoisotopic (exact) mass is 388 g/mol. The second-order valence-corrected chi connectivity index (χ2v) is 6.29. The molecule has 0 aliphatic carbocycles. The number of nitrogens with zero attached hydrogens (tertiary/aromatic N) is 4. The van der Waals surface area contributed by atoms with E-state index >= 15 is 0 Å². The molecule has 2 rings (SSSR count). The molecule has 1 aliphatic heterocycles. The number of anilines is 1. The van der Waals surface area contributed by atoms with Gasteiger partial charge in [-0.1, -0.05) is 0 Å². The van der Waals surface area contributed by atoms with E-state index in [2.05, 4.69) is 0 Å². The molecule has 0 spiro atoms. The zero-order valence-corrected chi connectivity index (χ0v) is 15.3. The number of nitro benzene ring substituents is 1. The van der Waals surface area contributed by atoms with Gasteiger partial charge in [-0.05, 0) is 26.0 Å². The number of hydrogen-bond donors (Lipinski definition) is 0. The maximum absolute atomic E-state index is 12.8. The van der Waals surface area contributed by atoms with Gasteiger partial charge in [0.1, 0.15) is 5.69 Å². The molecule has 27 heavy (non-hydrogen) atoms. The lowest BCUT2D eigenvalue weighted by molar-refractivity contribution is -0.384. The zero-order valence-electron chi connectivity index (χ0n) is 15.3. The van der Waals surface area contributed by atoms with Crippen molar-refractivity contribution in [1.82, 2.24) is 9.80 Å². The highest BCUT2D eigenvalue weighted by Gasteiger charge is 2.34. The Hall–Kier alpha value is -2.36. The van der Waals surface area contributed by atoms with Gasteiger partial charge in [-0.3, -0.25) is 19.8 Å². The molecular formula is C17H23F3N4O3. The zero-order chi connectivity index (χ0) is 20.2. The van der Waals surface area contributed by atoms with Crippen LogP contribution in [0.2, 0.25) is 0 Å². The molecule has 0 unspecified atom stereocenters. The first-order chi connectivity index (χ1) is 12.7. The Morgan fingerprint density at radius 2 is 1.78 bits per heavy atom. The standard InChI is InChI=1S/C17H23F3N4O3/c1-3-22(4-2)16(25)12-21-7-9-23(10-8-21)14-6-5-13(17(18,19)20)11-15(14)24(26)27/h5-6,11H,3-4,7-10,12H2,1-2H3. The Morgan fingerprint density at radius 3 is 2.26 bits per heavy atom. The van der Waals surface area contributed by atoms with E-state index in [9.17, 15) is 28.1 Å². The molecule has 0 atom stereocenters. The minimum absolute atomic E-state index is 0.0222. The summed E-state index contributed by atoms with van der Waals surface area (Å²) in [6, 6.07) is 2.59. The molecule has 1 aliphatic rings. The van der Waals surface area contributed by atoms with Gasteiger partial charge in [0.2, 0.25) is 5.91 Å². The molecule has 1 amide bonds. The number of carbonyl (C=O) groups excluding carboxylic acids is 1. The molecule has 150 valence electrons. The van der Waals surface area contributed by atoms with E-state index in [1.54, 1.807) is 9.80 Å². The van der Waals surface area contributed by atoms with Crippen molar-refractivity contribution in [3.63, 3.8) is 0 Å². The highest BCUT2D eigenvalue weighted by Crippen LogP contribution is 2.36. The SMILES string of the molecule is CCN(CC)C(=O)CN1CCN(c2ccc(C(F)(F)F)cc2[N+](=O)[O-])CC1. The number of likely N-dealkylation sites (N-methyl/N-ethyl adjacent to an activating group) is 1.